The predicted octanol–water partition coefficient (Wildman–Crippen LogP) is 3.86. The van der Waals surface area contributed by atoms with Crippen molar-refractivity contribution in [3.8, 4) is 0 Å². The van der Waals surface area contributed by atoms with Crippen LogP contribution in [0.25, 0.3) is 10.2 Å². The van der Waals surface area contributed by atoms with Crippen LogP contribution < -0.4 is 5.56 Å². The fourth-order valence-corrected chi connectivity index (χ4v) is 6.08. The Bertz CT molecular complexity index is 725. The van der Waals surface area contributed by atoms with Gasteiger partial charge in [-0.05, 0) is 31.2 Å². The SMILES string of the molecule is I.O=c1c2c3c(sc2nc2n1CC(CI)S2)CCCC3. The van der Waals surface area contributed by atoms with Crippen LogP contribution in [0.3, 0.4) is 0 Å². The first-order valence-electron chi connectivity index (χ1n) is 6.55. The van der Waals surface area contributed by atoms with Crippen molar-refractivity contribution in [1.82, 2.24) is 9.55 Å². The lowest BCUT2D eigenvalue weighted by Crippen LogP contribution is -2.22. The topological polar surface area (TPSA) is 34.9 Å². The van der Waals surface area contributed by atoms with Gasteiger partial charge in [-0.25, -0.2) is 4.98 Å². The number of thioether (sulfide) groups is 1. The van der Waals surface area contributed by atoms with Crippen molar-refractivity contribution >= 4 is 79.9 Å². The van der Waals surface area contributed by atoms with Gasteiger partial charge < -0.3 is 0 Å². The molecule has 4 rings (SSSR count). The highest BCUT2D eigenvalue weighted by Gasteiger charge is 2.28. The normalized spacial score (nSPS) is 20.6. The summed E-state index contributed by atoms with van der Waals surface area (Å²) >= 11 is 5.90. The maximum atomic E-state index is 12.7. The molecule has 3 nitrogen and oxygen atoms in total. The van der Waals surface area contributed by atoms with E-state index in [9.17, 15) is 4.79 Å². The molecule has 2 aromatic rings. The molecule has 1 unspecified atom stereocenters. The summed E-state index contributed by atoms with van der Waals surface area (Å²) < 4.78 is 2.97. The molecule has 7 heteroatoms. The van der Waals surface area contributed by atoms with Crippen LogP contribution in [0.5, 0.6) is 0 Å². The summed E-state index contributed by atoms with van der Waals surface area (Å²) in [5, 5.41) is 2.36. The molecule has 0 saturated carbocycles. The van der Waals surface area contributed by atoms with E-state index in [4.69, 9.17) is 4.98 Å². The van der Waals surface area contributed by atoms with E-state index in [1.165, 1.54) is 23.3 Å². The Balaban J connectivity index is 0.00000121. The zero-order valence-electron chi connectivity index (χ0n) is 10.7. The Morgan fingerprint density at radius 1 is 1.35 bits per heavy atom. The molecule has 3 heterocycles. The lowest BCUT2D eigenvalue weighted by Gasteiger charge is -2.10. The fourth-order valence-electron chi connectivity index (χ4n) is 2.94. The van der Waals surface area contributed by atoms with Crippen molar-refractivity contribution < 1.29 is 0 Å². The van der Waals surface area contributed by atoms with Crippen molar-refractivity contribution in [2.75, 3.05) is 4.43 Å². The van der Waals surface area contributed by atoms with E-state index >= 15 is 0 Å². The number of aryl methyl sites for hydroxylation is 2. The summed E-state index contributed by atoms with van der Waals surface area (Å²) in [4.78, 5) is 19.9. The van der Waals surface area contributed by atoms with E-state index in [-0.39, 0.29) is 29.5 Å². The zero-order chi connectivity index (χ0) is 13.0. The van der Waals surface area contributed by atoms with Gasteiger partial charge in [-0.1, -0.05) is 34.4 Å². The number of hydrogen-bond donors (Lipinski definition) is 0. The van der Waals surface area contributed by atoms with Crippen LogP contribution in [0.4, 0.5) is 0 Å². The van der Waals surface area contributed by atoms with Crippen LogP contribution in [0.2, 0.25) is 0 Å². The molecule has 0 saturated heterocycles. The summed E-state index contributed by atoms with van der Waals surface area (Å²) in [6.07, 6.45) is 4.67. The number of thiophene rings is 1. The Labute approximate surface area is 156 Å². The highest BCUT2D eigenvalue weighted by Crippen LogP contribution is 2.37. The van der Waals surface area contributed by atoms with Gasteiger partial charge >= 0.3 is 0 Å². The number of fused-ring (bicyclic) bond motifs is 4. The zero-order valence-corrected chi connectivity index (χ0v) is 16.8. The van der Waals surface area contributed by atoms with Crippen LogP contribution in [-0.4, -0.2) is 19.2 Å². The molecule has 0 aromatic carbocycles. The monoisotopic (exact) mass is 532 g/mol. The number of rotatable bonds is 1. The average Bonchev–Trinajstić information content (AvgIpc) is 2.99. The van der Waals surface area contributed by atoms with E-state index in [2.05, 4.69) is 22.6 Å². The molecule has 2 aliphatic rings. The molecule has 0 bridgehead atoms. The largest absolute Gasteiger partial charge is 0.286 e. The van der Waals surface area contributed by atoms with Gasteiger partial charge in [-0.2, -0.15) is 0 Å². The van der Waals surface area contributed by atoms with Crippen molar-refractivity contribution in [2.45, 2.75) is 42.6 Å². The Hall–Kier alpha value is 0.650. The highest BCUT2D eigenvalue weighted by molar-refractivity contribution is 14.1. The summed E-state index contributed by atoms with van der Waals surface area (Å²) in [5.41, 5.74) is 1.52. The molecule has 0 amide bonds. The summed E-state index contributed by atoms with van der Waals surface area (Å²) in [6, 6.07) is 0. The average molecular weight is 532 g/mol. The van der Waals surface area contributed by atoms with Crippen molar-refractivity contribution in [3.63, 3.8) is 0 Å². The number of alkyl halides is 1. The summed E-state index contributed by atoms with van der Waals surface area (Å²) in [6.45, 7) is 0.829. The van der Waals surface area contributed by atoms with Crippen LogP contribution in [0, 0.1) is 0 Å². The number of halogens is 2. The number of nitrogens with zero attached hydrogens (tertiary/aromatic N) is 2. The number of aromatic nitrogens is 2. The van der Waals surface area contributed by atoms with Gasteiger partial charge in [0.2, 0.25) is 0 Å². The second-order valence-electron chi connectivity index (χ2n) is 5.10. The predicted molar refractivity (Wildman–Crippen MR) is 104 cm³/mol. The number of hydrogen-bond acceptors (Lipinski definition) is 4. The molecule has 108 valence electrons. The maximum Gasteiger partial charge on any atom is 0.263 e. The quantitative estimate of drug-likeness (QED) is 0.318. The van der Waals surface area contributed by atoms with Gasteiger partial charge in [0.1, 0.15) is 4.83 Å². The van der Waals surface area contributed by atoms with Gasteiger partial charge in [-0.3, -0.25) is 9.36 Å². The Kier molecular flexibility index (Phi) is 4.69. The second-order valence-corrected chi connectivity index (χ2v) is 8.33. The van der Waals surface area contributed by atoms with Crippen molar-refractivity contribution in [1.29, 1.82) is 0 Å². The van der Waals surface area contributed by atoms with Gasteiger partial charge in [0, 0.05) is 21.1 Å². The lowest BCUT2D eigenvalue weighted by atomic mass is 9.97. The fraction of sp³-hybridized carbons (Fsp3) is 0.538. The first-order valence-corrected chi connectivity index (χ1v) is 9.78. The molecule has 1 aliphatic carbocycles. The van der Waals surface area contributed by atoms with E-state index in [1.807, 2.05) is 4.57 Å². The molecule has 0 fully saturated rings. The van der Waals surface area contributed by atoms with Crippen LogP contribution >= 0.6 is 69.7 Å². The van der Waals surface area contributed by atoms with Gasteiger partial charge in [-0.15, -0.1) is 35.3 Å². The molecule has 0 N–H and O–H groups in total. The third-order valence-corrected chi connectivity index (χ3v) is 7.89. The van der Waals surface area contributed by atoms with Crippen molar-refractivity contribution in [2.24, 2.45) is 0 Å². The highest BCUT2D eigenvalue weighted by atomic mass is 127. The van der Waals surface area contributed by atoms with Crippen molar-refractivity contribution in [3.05, 3.63) is 20.8 Å². The van der Waals surface area contributed by atoms with Crippen LogP contribution in [-0.2, 0) is 19.4 Å². The molecule has 1 atom stereocenters. The van der Waals surface area contributed by atoms with E-state index in [0.717, 1.165) is 39.2 Å². The molecular formula is C13H14I2N2OS2. The Morgan fingerprint density at radius 2 is 2.15 bits per heavy atom. The first kappa shape index (κ1) is 15.5. The molecule has 0 radical (unpaired) electrons. The van der Waals surface area contributed by atoms with Crippen LogP contribution in [0.1, 0.15) is 23.3 Å². The third kappa shape index (κ3) is 2.36. The van der Waals surface area contributed by atoms with E-state index < -0.39 is 0 Å². The first-order chi connectivity index (χ1) is 9.28. The summed E-state index contributed by atoms with van der Waals surface area (Å²) in [5.74, 6) is 0. The molecule has 20 heavy (non-hydrogen) atoms. The third-order valence-electron chi connectivity index (χ3n) is 3.87. The standard InChI is InChI=1S/C13H13IN2OS2.HI/c14-5-7-6-16-12(17)10-8-3-1-2-4-9(8)19-11(10)15-13(16)18-7;/h7H,1-6H2;1H. The van der Waals surface area contributed by atoms with E-state index in [0.29, 0.717) is 5.25 Å². The van der Waals surface area contributed by atoms with Gasteiger partial charge in [0.05, 0.1) is 5.39 Å². The molecule has 1 aliphatic heterocycles. The molecule has 2 aromatic heterocycles. The minimum atomic E-state index is 0. The minimum Gasteiger partial charge on any atom is -0.286 e. The van der Waals surface area contributed by atoms with E-state index in [1.54, 1.807) is 23.1 Å². The lowest BCUT2D eigenvalue weighted by molar-refractivity contribution is 0.632. The minimum absolute atomic E-state index is 0. The smallest absolute Gasteiger partial charge is 0.263 e. The molecule has 0 spiro atoms. The van der Waals surface area contributed by atoms with Crippen LogP contribution in [0.15, 0.2) is 9.95 Å². The van der Waals surface area contributed by atoms with Gasteiger partial charge in [0.15, 0.2) is 5.16 Å². The second kappa shape index (κ2) is 6.04. The summed E-state index contributed by atoms with van der Waals surface area (Å²) in [7, 11) is 0. The van der Waals surface area contributed by atoms with Gasteiger partial charge in [0.25, 0.3) is 5.56 Å². The maximum absolute atomic E-state index is 12.7. The Morgan fingerprint density at radius 3 is 2.95 bits per heavy atom. The molecular weight excluding hydrogens is 518 g/mol.